The molecule has 2 rings (SSSR count). The summed E-state index contributed by atoms with van der Waals surface area (Å²) >= 11 is 5.94. The van der Waals surface area contributed by atoms with Crippen LogP contribution >= 0.6 is 11.6 Å². The summed E-state index contributed by atoms with van der Waals surface area (Å²) in [5.74, 6) is -0.848. The van der Waals surface area contributed by atoms with Gasteiger partial charge in [-0.25, -0.2) is 0 Å². The van der Waals surface area contributed by atoms with Gasteiger partial charge in [-0.1, -0.05) is 11.6 Å². The normalized spacial score (nSPS) is 10.6. The number of carbonyl (C=O) groups is 2. The first-order valence-electron chi connectivity index (χ1n) is 7.62. The van der Waals surface area contributed by atoms with Gasteiger partial charge in [0.25, 0.3) is 5.91 Å². The van der Waals surface area contributed by atoms with Gasteiger partial charge >= 0.3 is 0 Å². The van der Waals surface area contributed by atoms with Crippen LogP contribution in [0.4, 0.5) is 5.69 Å². The lowest BCUT2D eigenvalue weighted by atomic mass is 9.89. The van der Waals surface area contributed by atoms with Crippen molar-refractivity contribution in [2.45, 2.75) is 34.6 Å². The Kier molecular flexibility index (Phi) is 4.99. The lowest BCUT2D eigenvalue weighted by Gasteiger charge is -2.18. The van der Waals surface area contributed by atoms with Crippen LogP contribution in [0, 0.1) is 34.6 Å². The van der Waals surface area contributed by atoms with Crippen molar-refractivity contribution in [3.05, 3.63) is 62.2 Å². The van der Waals surface area contributed by atoms with Crippen molar-refractivity contribution in [3.8, 4) is 0 Å². The van der Waals surface area contributed by atoms with Gasteiger partial charge in [-0.2, -0.15) is 0 Å². The van der Waals surface area contributed by atoms with Gasteiger partial charge in [-0.05, 0) is 80.6 Å². The van der Waals surface area contributed by atoms with Gasteiger partial charge in [-0.3, -0.25) is 9.59 Å². The summed E-state index contributed by atoms with van der Waals surface area (Å²) in [7, 11) is 0. The van der Waals surface area contributed by atoms with Gasteiger partial charge in [0.1, 0.15) is 0 Å². The number of amides is 2. The molecule has 0 heterocycles. The van der Waals surface area contributed by atoms with Crippen LogP contribution in [0.5, 0.6) is 0 Å². The average Bonchev–Trinajstić information content (AvgIpc) is 2.52. The maximum absolute atomic E-state index is 12.8. The van der Waals surface area contributed by atoms with Crippen molar-refractivity contribution in [1.29, 1.82) is 0 Å². The van der Waals surface area contributed by atoms with Gasteiger partial charge in [-0.15, -0.1) is 0 Å². The highest BCUT2D eigenvalue weighted by atomic mass is 35.5. The number of hydrogen-bond donors (Lipinski definition) is 2. The van der Waals surface area contributed by atoms with Crippen LogP contribution < -0.4 is 11.1 Å². The highest BCUT2D eigenvalue weighted by Crippen LogP contribution is 2.27. The number of primary amides is 1. The van der Waals surface area contributed by atoms with E-state index in [-0.39, 0.29) is 16.5 Å². The first-order valence-corrected chi connectivity index (χ1v) is 8.00. The molecule has 0 radical (unpaired) electrons. The number of anilines is 1. The molecule has 0 aliphatic carbocycles. The van der Waals surface area contributed by atoms with Gasteiger partial charge in [0.05, 0.1) is 10.6 Å². The zero-order valence-electron chi connectivity index (χ0n) is 14.5. The number of carbonyl (C=O) groups excluding carboxylic acids is 2. The van der Waals surface area contributed by atoms with E-state index in [9.17, 15) is 9.59 Å². The van der Waals surface area contributed by atoms with E-state index >= 15 is 0 Å². The lowest BCUT2D eigenvalue weighted by molar-refractivity contribution is 0.0996. The lowest BCUT2D eigenvalue weighted by Crippen LogP contribution is -2.18. The fraction of sp³-hybridized carbons (Fsp3) is 0.263. The topological polar surface area (TPSA) is 72.2 Å². The third-order valence-corrected chi connectivity index (χ3v) is 5.05. The quantitative estimate of drug-likeness (QED) is 0.874. The van der Waals surface area contributed by atoms with Crippen molar-refractivity contribution in [2.24, 2.45) is 5.73 Å². The molecule has 5 heteroatoms. The minimum absolute atomic E-state index is 0.180. The van der Waals surface area contributed by atoms with E-state index in [4.69, 9.17) is 17.3 Å². The van der Waals surface area contributed by atoms with Crippen molar-refractivity contribution in [2.75, 3.05) is 5.32 Å². The third kappa shape index (κ3) is 3.15. The molecule has 4 nitrogen and oxygen atoms in total. The number of nitrogens with one attached hydrogen (secondary N) is 1. The molecule has 0 saturated carbocycles. The molecule has 126 valence electrons. The summed E-state index contributed by atoms with van der Waals surface area (Å²) in [6.45, 7) is 9.98. The van der Waals surface area contributed by atoms with Crippen LogP contribution in [0.25, 0.3) is 0 Å². The largest absolute Gasteiger partial charge is 0.366 e. The van der Waals surface area contributed by atoms with Crippen molar-refractivity contribution in [1.82, 2.24) is 0 Å². The molecule has 0 bridgehead atoms. The molecule has 2 aromatic carbocycles. The highest BCUT2D eigenvalue weighted by molar-refractivity contribution is 6.34. The predicted octanol–water partition coefficient (Wildman–Crippen LogP) is 4.23. The Morgan fingerprint density at radius 3 is 1.92 bits per heavy atom. The molecule has 0 aliphatic rings. The molecule has 0 fully saturated rings. The van der Waals surface area contributed by atoms with Crippen molar-refractivity contribution >= 4 is 29.1 Å². The van der Waals surface area contributed by atoms with E-state index in [1.54, 1.807) is 12.1 Å². The molecule has 0 atom stereocenters. The van der Waals surface area contributed by atoms with Crippen molar-refractivity contribution < 1.29 is 9.59 Å². The third-order valence-electron chi connectivity index (χ3n) is 4.72. The first-order chi connectivity index (χ1) is 11.1. The minimum atomic E-state index is -0.634. The van der Waals surface area contributed by atoms with E-state index in [0.29, 0.717) is 11.3 Å². The minimum Gasteiger partial charge on any atom is -0.366 e. The monoisotopic (exact) mass is 344 g/mol. The van der Waals surface area contributed by atoms with Crippen LogP contribution in [0.1, 0.15) is 48.5 Å². The standard InChI is InChI=1S/C19H21ClN2O2/c1-9-10(2)12(4)17(13(5)11(9)3)19(24)22-14-6-7-16(20)15(8-14)18(21)23/h6-8H,1-5H3,(H2,21,23)(H,22,24). The number of halogens is 1. The number of nitrogens with two attached hydrogens (primary N) is 1. The van der Waals surface area contributed by atoms with Crippen LogP contribution in [0.15, 0.2) is 18.2 Å². The van der Waals surface area contributed by atoms with Crippen LogP contribution in [0.3, 0.4) is 0 Å². The zero-order chi connectivity index (χ0) is 18.2. The summed E-state index contributed by atoms with van der Waals surface area (Å²) < 4.78 is 0. The molecule has 0 saturated heterocycles. The van der Waals surface area contributed by atoms with Gasteiger partial charge < -0.3 is 11.1 Å². The Labute approximate surface area is 147 Å². The maximum Gasteiger partial charge on any atom is 0.256 e. The van der Waals surface area contributed by atoms with Gasteiger partial charge in [0.2, 0.25) is 5.91 Å². The molecule has 0 aliphatic heterocycles. The van der Waals surface area contributed by atoms with Crippen molar-refractivity contribution in [3.63, 3.8) is 0 Å². The summed E-state index contributed by atoms with van der Waals surface area (Å²) in [6.07, 6.45) is 0. The summed E-state index contributed by atoms with van der Waals surface area (Å²) in [6, 6.07) is 4.68. The average molecular weight is 345 g/mol. The summed E-state index contributed by atoms with van der Waals surface area (Å²) in [5, 5.41) is 3.09. The first kappa shape index (κ1) is 18.0. The molecule has 3 N–H and O–H groups in total. The summed E-state index contributed by atoms with van der Waals surface area (Å²) in [4.78, 5) is 24.2. The van der Waals surface area contributed by atoms with Crippen LogP contribution in [0.2, 0.25) is 5.02 Å². The summed E-state index contributed by atoms with van der Waals surface area (Å²) in [5.41, 5.74) is 11.9. The smallest absolute Gasteiger partial charge is 0.256 e. The Morgan fingerprint density at radius 1 is 0.917 bits per heavy atom. The van der Waals surface area contributed by atoms with Crippen LogP contribution in [-0.4, -0.2) is 11.8 Å². The molecular weight excluding hydrogens is 324 g/mol. The molecule has 2 amide bonds. The Balaban J connectivity index is 2.45. The molecule has 24 heavy (non-hydrogen) atoms. The molecule has 0 spiro atoms. The van der Waals surface area contributed by atoms with E-state index in [1.165, 1.54) is 11.6 Å². The van der Waals surface area contributed by atoms with E-state index in [0.717, 1.165) is 22.3 Å². The van der Waals surface area contributed by atoms with E-state index in [2.05, 4.69) is 12.2 Å². The number of rotatable bonds is 3. The van der Waals surface area contributed by atoms with Gasteiger partial charge in [0, 0.05) is 11.3 Å². The molecule has 0 unspecified atom stereocenters. The van der Waals surface area contributed by atoms with E-state index in [1.807, 2.05) is 27.7 Å². The SMILES string of the molecule is Cc1c(C)c(C)c(C(=O)Nc2ccc(Cl)c(C(N)=O)c2)c(C)c1C. The second kappa shape index (κ2) is 6.65. The van der Waals surface area contributed by atoms with E-state index < -0.39 is 5.91 Å². The number of hydrogen-bond acceptors (Lipinski definition) is 2. The Bertz CT molecular complexity index is 828. The highest BCUT2D eigenvalue weighted by Gasteiger charge is 2.19. The fourth-order valence-corrected chi connectivity index (χ4v) is 3.04. The fourth-order valence-electron chi connectivity index (χ4n) is 2.83. The zero-order valence-corrected chi connectivity index (χ0v) is 15.3. The second-order valence-corrected chi connectivity index (χ2v) is 6.42. The van der Waals surface area contributed by atoms with Crippen LogP contribution in [-0.2, 0) is 0 Å². The Hall–Kier alpha value is -2.33. The molecule has 2 aromatic rings. The van der Waals surface area contributed by atoms with Gasteiger partial charge in [0.15, 0.2) is 0 Å². The predicted molar refractivity (Wildman–Crippen MR) is 98.1 cm³/mol. The number of benzene rings is 2. The maximum atomic E-state index is 12.8. The Morgan fingerprint density at radius 2 is 1.42 bits per heavy atom. The molecular formula is C19H21ClN2O2. The second-order valence-electron chi connectivity index (χ2n) is 6.01. The molecule has 0 aromatic heterocycles.